The Balaban J connectivity index is 2.12. The molecule has 0 amide bonds. The van der Waals surface area contributed by atoms with Crippen molar-refractivity contribution in [3.8, 4) is 0 Å². The molecule has 1 N–H and O–H groups in total. The molecule has 0 bridgehead atoms. The maximum atomic E-state index is 11.0. The molecule has 1 saturated heterocycles. The van der Waals surface area contributed by atoms with E-state index in [9.17, 15) is 4.79 Å². The van der Waals surface area contributed by atoms with Crippen LogP contribution in [0.4, 0.5) is 0 Å². The second-order valence-corrected chi connectivity index (χ2v) is 3.32. The first-order valence-electron chi connectivity index (χ1n) is 4.52. The van der Waals surface area contributed by atoms with Gasteiger partial charge in [-0.1, -0.05) is 0 Å². The topological polar surface area (TPSA) is 46.5 Å². The van der Waals surface area contributed by atoms with Gasteiger partial charge in [-0.05, 0) is 26.2 Å². The Hall–Kier alpha value is -0.410. The molecule has 0 radical (unpaired) electrons. The van der Waals surface area contributed by atoms with E-state index in [1.165, 1.54) is 6.92 Å². The third kappa shape index (κ3) is 2.91. The van der Waals surface area contributed by atoms with E-state index in [1.807, 2.05) is 0 Å². The minimum atomic E-state index is -0.814. The van der Waals surface area contributed by atoms with E-state index in [0.717, 1.165) is 25.9 Å². The van der Waals surface area contributed by atoms with Gasteiger partial charge in [0.15, 0.2) is 5.78 Å². The lowest BCUT2D eigenvalue weighted by Gasteiger charge is -2.08. The Morgan fingerprint density at radius 1 is 1.75 bits per heavy atom. The lowest BCUT2D eigenvalue weighted by atomic mass is 10.1. The van der Waals surface area contributed by atoms with Gasteiger partial charge in [-0.2, -0.15) is 0 Å². The number of aliphatic hydroxyl groups is 1. The molecule has 0 spiro atoms. The van der Waals surface area contributed by atoms with E-state index in [2.05, 4.69) is 0 Å². The van der Waals surface area contributed by atoms with Gasteiger partial charge >= 0.3 is 0 Å². The van der Waals surface area contributed by atoms with Crippen LogP contribution in [0.5, 0.6) is 0 Å². The van der Waals surface area contributed by atoms with Crippen LogP contribution in [0.3, 0.4) is 0 Å². The SMILES string of the molecule is CC(O)C(=O)CCC1CCCO1. The minimum absolute atomic E-state index is 0.0782. The third-order valence-electron chi connectivity index (χ3n) is 2.20. The zero-order valence-electron chi connectivity index (χ0n) is 7.45. The Morgan fingerprint density at radius 3 is 3.00 bits per heavy atom. The van der Waals surface area contributed by atoms with Crippen LogP contribution in [0.2, 0.25) is 0 Å². The molecule has 0 saturated carbocycles. The summed E-state index contributed by atoms with van der Waals surface area (Å²) < 4.78 is 5.35. The number of rotatable bonds is 4. The molecule has 0 aromatic heterocycles. The van der Waals surface area contributed by atoms with Crippen LogP contribution in [0.1, 0.15) is 32.6 Å². The number of ketones is 1. The molecule has 1 aliphatic heterocycles. The van der Waals surface area contributed by atoms with Gasteiger partial charge in [0.25, 0.3) is 0 Å². The van der Waals surface area contributed by atoms with E-state index in [1.54, 1.807) is 0 Å². The van der Waals surface area contributed by atoms with Crippen LogP contribution >= 0.6 is 0 Å². The van der Waals surface area contributed by atoms with Gasteiger partial charge in [0, 0.05) is 13.0 Å². The summed E-state index contributed by atoms with van der Waals surface area (Å²) in [7, 11) is 0. The summed E-state index contributed by atoms with van der Waals surface area (Å²) in [4.78, 5) is 11.0. The molecule has 0 aromatic rings. The molecule has 1 fully saturated rings. The third-order valence-corrected chi connectivity index (χ3v) is 2.20. The standard InChI is InChI=1S/C9H16O3/c1-7(10)9(11)5-4-8-3-2-6-12-8/h7-8,10H,2-6H2,1H3. The van der Waals surface area contributed by atoms with Crippen LogP contribution < -0.4 is 0 Å². The van der Waals surface area contributed by atoms with E-state index in [4.69, 9.17) is 9.84 Å². The Bertz CT molecular complexity index is 148. The van der Waals surface area contributed by atoms with Crippen molar-refractivity contribution in [3.63, 3.8) is 0 Å². The molecule has 0 aromatic carbocycles. The predicted molar refractivity (Wildman–Crippen MR) is 44.9 cm³/mol. The van der Waals surface area contributed by atoms with Crippen LogP contribution in [-0.4, -0.2) is 29.7 Å². The van der Waals surface area contributed by atoms with Crippen molar-refractivity contribution in [2.45, 2.75) is 44.8 Å². The first kappa shape index (κ1) is 9.68. The average Bonchev–Trinajstić information content (AvgIpc) is 2.51. The van der Waals surface area contributed by atoms with Gasteiger partial charge in [0.2, 0.25) is 0 Å². The Kier molecular flexibility index (Phi) is 3.69. The summed E-state index contributed by atoms with van der Waals surface area (Å²) in [5.41, 5.74) is 0. The largest absolute Gasteiger partial charge is 0.386 e. The fourth-order valence-corrected chi connectivity index (χ4v) is 1.38. The molecule has 3 heteroatoms. The molecule has 2 atom stereocenters. The summed E-state index contributed by atoms with van der Waals surface area (Å²) in [6.07, 6.45) is 2.83. The molecular formula is C9H16O3. The molecule has 1 rings (SSSR count). The van der Waals surface area contributed by atoms with Crippen LogP contribution in [0.15, 0.2) is 0 Å². The number of carbonyl (C=O) groups is 1. The highest BCUT2D eigenvalue weighted by Crippen LogP contribution is 2.17. The number of hydrogen-bond acceptors (Lipinski definition) is 3. The van der Waals surface area contributed by atoms with Gasteiger partial charge in [0.1, 0.15) is 6.10 Å². The monoisotopic (exact) mass is 172 g/mol. The van der Waals surface area contributed by atoms with Gasteiger partial charge in [-0.15, -0.1) is 0 Å². The number of hydrogen-bond donors (Lipinski definition) is 1. The van der Waals surface area contributed by atoms with Gasteiger partial charge in [0.05, 0.1) is 6.10 Å². The van der Waals surface area contributed by atoms with Gasteiger partial charge < -0.3 is 9.84 Å². The summed E-state index contributed by atoms with van der Waals surface area (Å²) >= 11 is 0. The zero-order chi connectivity index (χ0) is 8.97. The van der Waals surface area contributed by atoms with Gasteiger partial charge in [-0.3, -0.25) is 4.79 Å². The molecule has 2 unspecified atom stereocenters. The lowest BCUT2D eigenvalue weighted by Crippen LogP contribution is -2.18. The Labute approximate surface area is 72.7 Å². The van der Waals surface area contributed by atoms with E-state index >= 15 is 0 Å². The number of ether oxygens (including phenoxy) is 1. The van der Waals surface area contributed by atoms with Crippen LogP contribution in [0.25, 0.3) is 0 Å². The highest BCUT2D eigenvalue weighted by molar-refractivity contribution is 5.82. The minimum Gasteiger partial charge on any atom is -0.386 e. The maximum absolute atomic E-state index is 11.0. The fraction of sp³-hybridized carbons (Fsp3) is 0.889. The first-order chi connectivity index (χ1) is 5.70. The average molecular weight is 172 g/mol. The molecule has 1 aliphatic rings. The molecule has 3 nitrogen and oxygen atoms in total. The van der Waals surface area contributed by atoms with Gasteiger partial charge in [-0.25, -0.2) is 0 Å². The smallest absolute Gasteiger partial charge is 0.161 e. The normalized spacial score (nSPS) is 25.7. The predicted octanol–water partition coefficient (Wildman–Crippen LogP) is 0.895. The quantitative estimate of drug-likeness (QED) is 0.685. The molecule has 70 valence electrons. The molecular weight excluding hydrogens is 156 g/mol. The van der Waals surface area contributed by atoms with Crippen molar-refractivity contribution in [1.82, 2.24) is 0 Å². The highest BCUT2D eigenvalue weighted by atomic mass is 16.5. The second-order valence-electron chi connectivity index (χ2n) is 3.32. The van der Waals surface area contributed by atoms with Crippen molar-refractivity contribution < 1.29 is 14.6 Å². The van der Waals surface area contributed by atoms with Crippen molar-refractivity contribution in [3.05, 3.63) is 0 Å². The summed E-state index contributed by atoms with van der Waals surface area (Å²) in [6.45, 7) is 2.34. The number of aliphatic hydroxyl groups excluding tert-OH is 1. The van der Waals surface area contributed by atoms with Crippen LogP contribution in [0, 0.1) is 0 Å². The van der Waals surface area contributed by atoms with Crippen LogP contribution in [-0.2, 0) is 9.53 Å². The van der Waals surface area contributed by atoms with Crippen molar-refractivity contribution in [1.29, 1.82) is 0 Å². The summed E-state index contributed by atoms with van der Waals surface area (Å²) in [6, 6.07) is 0. The number of carbonyl (C=O) groups excluding carboxylic acids is 1. The van der Waals surface area contributed by atoms with Crippen molar-refractivity contribution in [2.24, 2.45) is 0 Å². The highest BCUT2D eigenvalue weighted by Gasteiger charge is 2.17. The lowest BCUT2D eigenvalue weighted by molar-refractivity contribution is -0.126. The summed E-state index contributed by atoms with van der Waals surface area (Å²) in [5, 5.41) is 8.90. The van der Waals surface area contributed by atoms with Crippen molar-refractivity contribution in [2.75, 3.05) is 6.61 Å². The second kappa shape index (κ2) is 4.58. The van der Waals surface area contributed by atoms with E-state index < -0.39 is 6.10 Å². The summed E-state index contributed by atoms with van der Waals surface area (Å²) in [5.74, 6) is -0.0782. The van der Waals surface area contributed by atoms with E-state index in [-0.39, 0.29) is 11.9 Å². The fourth-order valence-electron chi connectivity index (χ4n) is 1.38. The zero-order valence-corrected chi connectivity index (χ0v) is 7.45. The van der Waals surface area contributed by atoms with E-state index in [0.29, 0.717) is 6.42 Å². The maximum Gasteiger partial charge on any atom is 0.161 e. The van der Waals surface area contributed by atoms with Crippen molar-refractivity contribution >= 4 is 5.78 Å². The molecule has 1 heterocycles. The Morgan fingerprint density at radius 2 is 2.50 bits per heavy atom. The first-order valence-corrected chi connectivity index (χ1v) is 4.52. The molecule has 0 aliphatic carbocycles. The molecule has 12 heavy (non-hydrogen) atoms. The number of Topliss-reactive ketones (excluding diaryl/α,β-unsaturated/α-hetero) is 1.